The smallest absolute Gasteiger partial charge is 0.317 e. The molecule has 5 heteroatoms. The molecule has 1 fully saturated rings. The molecule has 0 aromatic rings. The highest BCUT2D eigenvalue weighted by Crippen LogP contribution is 2.27. The molecule has 1 atom stereocenters. The van der Waals surface area contributed by atoms with Crippen LogP contribution < -0.4 is 5.32 Å². The van der Waals surface area contributed by atoms with Crippen molar-refractivity contribution in [2.24, 2.45) is 11.8 Å². The second-order valence-electron chi connectivity index (χ2n) is 6.08. The zero-order chi connectivity index (χ0) is 15.1. The van der Waals surface area contributed by atoms with Gasteiger partial charge in [-0.15, -0.1) is 0 Å². The largest absolute Gasteiger partial charge is 0.481 e. The van der Waals surface area contributed by atoms with Crippen molar-refractivity contribution in [2.75, 3.05) is 13.6 Å². The maximum Gasteiger partial charge on any atom is 0.317 e. The van der Waals surface area contributed by atoms with Crippen LogP contribution in [0.3, 0.4) is 0 Å². The molecule has 1 rings (SSSR count). The molecule has 0 aromatic heterocycles. The molecule has 116 valence electrons. The highest BCUT2D eigenvalue weighted by molar-refractivity contribution is 5.76. The molecule has 0 heterocycles. The Hall–Kier alpha value is -1.26. The van der Waals surface area contributed by atoms with Crippen molar-refractivity contribution in [1.29, 1.82) is 0 Å². The maximum atomic E-state index is 12.0. The first-order chi connectivity index (χ1) is 9.43. The third kappa shape index (κ3) is 5.39. The van der Waals surface area contributed by atoms with E-state index in [9.17, 15) is 9.59 Å². The fourth-order valence-electron chi connectivity index (χ4n) is 2.86. The average molecular weight is 284 g/mol. The second-order valence-corrected chi connectivity index (χ2v) is 6.08. The van der Waals surface area contributed by atoms with Crippen LogP contribution in [0.2, 0.25) is 0 Å². The zero-order valence-electron chi connectivity index (χ0n) is 12.9. The number of carbonyl (C=O) groups excluding carboxylic acids is 1. The van der Waals surface area contributed by atoms with Crippen molar-refractivity contribution in [1.82, 2.24) is 10.2 Å². The Morgan fingerprint density at radius 3 is 2.40 bits per heavy atom. The molecule has 0 aromatic carbocycles. The van der Waals surface area contributed by atoms with Crippen LogP contribution >= 0.6 is 0 Å². The van der Waals surface area contributed by atoms with E-state index < -0.39 is 11.9 Å². The summed E-state index contributed by atoms with van der Waals surface area (Å²) in [7, 11) is 1.65. The van der Waals surface area contributed by atoms with Crippen molar-refractivity contribution >= 4 is 12.0 Å². The molecule has 0 saturated heterocycles. The van der Waals surface area contributed by atoms with E-state index in [1.807, 2.05) is 0 Å². The Labute approximate surface area is 121 Å². The van der Waals surface area contributed by atoms with Crippen LogP contribution in [0.1, 0.15) is 52.4 Å². The Kier molecular flexibility index (Phi) is 6.82. The van der Waals surface area contributed by atoms with Crippen molar-refractivity contribution in [3.05, 3.63) is 0 Å². The number of carbonyl (C=O) groups is 2. The number of urea groups is 1. The summed E-state index contributed by atoms with van der Waals surface area (Å²) in [6, 6.07) is 0.0928. The summed E-state index contributed by atoms with van der Waals surface area (Å²) in [6.45, 7) is 4.07. The van der Waals surface area contributed by atoms with Crippen molar-refractivity contribution < 1.29 is 14.7 Å². The molecular formula is C15H28N2O3. The first-order valence-electron chi connectivity index (χ1n) is 7.68. The van der Waals surface area contributed by atoms with E-state index >= 15 is 0 Å². The number of aliphatic carboxylic acids is 1. The van der Waals surface area contributed by atoms with E-state index in [-0.39, 0.29) is 18.6 Å². The molecular weight excluding hydrogens is 256 g/mol. The summed E-state index contributed by atoms with van der Waals surface area (Å²) < 4.78 is 0. The molecule has 1 aliphatic carbocycles. The monoisotopic (exact) mass is 284 g/mol. The van der Waals surface area contributed by atoms with Gasteiger partial charge in [-0.2, -0.15) is 0 Å². The Morgan fingerprint density at radius 2 is 1.90 bits per heavy atom. The van der Waals surface area contributed by atoms with Crippen LogP contribution in [0.25, 0.3) is 0 Å². The highest BCUT2D eigenvalue weighted by Gasteiger charge is 2.24. The lowest BCUT2D eigenvalue weighted by atomic mass is 9.83. The van der Waals surface area contributed by atoms with E-state index in [1.54, 1.807) is 14.0 Å². The average Bonchev–Trinajstić information content (AvgIpc) is 2.41. The Bertz CT molecular complexity index is 325. The van der Waals surface area contributed by atoms with E-state index in [4.69, 9.17) is 5.11 Å². The zero-order valence-corrected chi connectivity index (χ0v) is 12.9. The molecule has 0 radical (unpaired) electrons. The molecule has 1 saturated carbocycles. The van der Waals surface area contributed by atoms with Gasteiger partial charge in [0.1, 0.15) is 0 Å². The van der Waals surface area contributed by atoms with Gasteiger partial charge in [0.15, 0.2) is 0 Å². The fraction of sp³-hybridized carbons (Fsp3) is 0.867. The molecule has 5 nitrogen and oxygen atoms in total. The van der Waals surface area contributed by atoms with Gasteiger partial charge >= 0.3 is 12.0 Å². The van der Waals surface area contributed by atoms with Gasteiger partial charge < -0.3 is 15.3 Å². The molecule has 20 heavy (non-hydrogen) atoms. The number of rotatable bonds is 6. The van der Waals surface area contributed by atoms with Crippen molar-refractivity contribution in [3.8, 4) is 0 Å². The summed E-state index contributed by atoms with van der Waals surface area (Å²) in [5.41, 5.74) is 0. The lowest BCUT2D eigenvalue weighted by Crippen LogP contribution is -2.46. The summed E-state index contributed by atoms with van der Waals surface area (Å²) in [4.78, 5) is 24.3. The maximum absolute atomic E-state index is 12.0. The van der Waals surface area contributed by atoms with Gasteiger partial charge in [0.2, 0.25) is 0 Å². The number of hydrogen-bond donors (Lipinski definition) is 2. The lowest BCUT2D eigenvalue weighted by molar-refractivity contribution is -0.141. The standard InChI is InChI=1S/C15H28N2O3/c1-4-5-12-6-8-13(9-7-12)16-15(20)17(3)10-11(2)14(18)19/h11-13H,4-10H2,1-3H3,(H,16,20)(H,18,19). The van der Waals surface area contributed by atoms with Crippen molar-refractivity contribution in [3.63, 3.8) is 0 Å². The second kappa shape index (κ2) is 8.12. The van der Waals surface area contributed by atoms with Crippen molar-refractivity contribution in [2.45, 2.75) is 58.4 Å². The van der Waals surface area contributed by atoms with E-state index in [0.29, 0.717) is 0 Å². The molecule has 1 unspecified atom stereocenters. The first-order valence-corrected chi connectivity index (χ1v) is 7.68. The number of nitrogens with one attached hydrogen (secondary N) is 1. The molecule has 0 aliphatic heterocycles. The minimum Gasteiger partial charge on any atom is -0.481 e. The molecule has 2 N–H and O–H groups in total. The lowest BCUT2D eigenvalue weighted by Gasteiger charge is -2.30. The van der Waals surface area contributed by atoms with Gasteiger partial charge in [-0.1, -0.05) is 26.7 Å². The SMILES string of the molecule is CCCC1CCC(NC(=O)N(C)CC(C)C(=O)O)CC1. The van der Waals surface area contributed by atoms with Crippen LogP contribution in [0.4, 0.5) is 4.79 Å². The topological polar surface area (TPSA) is 69.6 Å². The number of nitrogens with zero attached hydrogens (tertiary/aromatic N) is 1. The first kappa shape index (κ1) is 16.8. The van der Waals surface area contributed by atoms with Gasteiger partial charge in [-0.05, 0) is 31.6 Å². The predicted molar refractivity (Wildman–Crippen MR) is 78.6 cm³/mol. The Balaban J connectivity index is 2.30. The minimum atomic E-state index is -0.871. The number of carboxylic acid groups (broad SMARTS) is 1. The van der Waals surface area contributed by atoms with Crippen LogP contribution in [0, 0.1) is 11.8 Å². The summed E-state index contributed by atoms with van der Waals surface area (Å²) >= 11 is 0. The quantitative estimate of drug-likeness (QED) is 0.788. The summed E-state index contributed by atoms with van der Waals surface area (Å²) in [5, 5.41) is 11.9. The van der Waals surface area contributed by atoms with Crippen LogP contribution in [-0.2, 0) is 4.79 Å². The molecule has 0 bridgehead atoms. The van der Waals surface area contributed by atoms with Gasteiger partial charge in [-0.25, -0.2) is 4.79 Å². The van der Waals surface area contributed by atoms with Gasteiger partial charge in [-0.3, -0.25) is 4.79 Å². The number of carboxylic acids is 1. The van der Waals surface area contributed by atoms with E-state index in [2.05, 4.69) is 12.2 Å². The van der Waals surface area contributed by atoms with Crippen LogP contribution in [-0.4, -0.2) is 41.6 Å². The highest BCUT2D eigenvalue weighted by atomic mass is 16.4. The minimum absolute atomic E-state index is 0.156. The molecule has 1 aliphatic rings. The van der Waals surface area contributed by atoms with E-state index in [0.717, 1.165) is 18.8 Å². The predicted octanol–water partition coefficient (Wildman–Crippen LogP) is 2.71. The third-order valence-electron chi connectivity index (χ3n) is 4.19. The third-order valence-corrected chi connectivity index (χ3v) is 4.19. The van der Waals surface area contributed by atoms with Crippen LogP contribution in [0.5, 0.6) is 0 Å². The van der Waals surface area contributed by atoms with Gasteiger partial charge in [0.25, 0.3) is 0 Å². The van der Waals surface area contributed by atoms with Gasteiger partial charge in [0.05, 0.1) is 5.92 Å². The summed E-state index contributed by atoms with van der Waals surface area (Å²) in [6.07, 6.45) is 6.98. The number of hydrogen-bond acceptors (Lipinski definition) is 2. The molecule has 0 spiro atoms. The van der Waals surface area contributed by atoms with E-state index in [1.165, 1.54) is 30.6 Å². The number of amides is 2. The fourth-order valence-corrected chi connectivity index (χ4v) is 2.86. The Morgan fingerprint density at radius 1 is 1.30 bits per heavy atom. The van der Waals surface area contributed by atoms with Crippen LogP contribution in [0.15, 0.2) is 0 Å². The normalized spacial score (nSPS) is 23.9. The summed E-state index contributed by atoms with van der Waals surface area (Å²) in [5.74, 6) is -0.589. The van der Waals surface area contributed by atoms with Gasteiger partial charge in [0, 0.05) is 19.6 Å². The molecule has 2 amide bonds.